The van der Waals surface area contributed by atoms with Crippen molar-refractivity contribution in [2.24, 2.45) is 0 Å². The Labute approximate surface area is 190 Å². The molecule has 0 saturated carbocycles. The Bertz CT molecular complexity index is 1130. The van der Waals surface area contributed by atoms with E-state index in [1.807, 2.05) is 17.0 Å². The van der Waals surface area contributed by atoms with E-state index in [9.17, 15) is 14.4 Å². The summed E-state index contributed by atoms with van der Waals surface area (Å²) in [5, 5.41) is 2.09. The number of amides is 3. The molecule has 0 N–H and O–H groups in total. The van der Waals surface area contributed by atoms with Crippen LogP contribution in [0, 0.1) is 0 Å². The van der Waals surface area contributed by atoms with Gasteiger partial charge in [-0.1, -0.05) is 30.3 Å². The van der Waals surface area contributed by atoms with Gasteiger partial charge in [-0.25, -0.2) is 0 Å². The van der Waals surface area contributed by atoms with Crippen molar-refractivity contribution in [3.63, 3.8) is 0 Å². The van der Waals surface area contributed by atoms with Gasteiger partial charge in [0.05, 0.1) is 17.7 Å². The average molecular weight is 446 g/mol. The maximum absolute atomic E-state index is 13.1. The minimum atomic E-state index is -0.288. The summed E-state index contributed by atoms with van der Waals surface area (Å²) in [5.41, 5.74) is 2.22. The number of thiophene rings is 1. The van der Waals surface area contributed by atoms with Crippen molar-refractivity contribution in [3.8, 4) is 0 Å². The van der Waals surface area contributed by atoms with Gasteiger partial charge in [-0.05, 0) is 41.3 Å². The number of hydrogen-bond donors (Lipinski definition) is 0. The van der Waals surface area contributed by atoms with Crippen molar-refractivity contribution in [1.82, 2.24) is 14.7 Å². The lowest BCUT2D eigenvalue weighted by atomic mass is 10.1. The van der Waals surface area contributed by atoms with Gasteiger partial charge in [0.15, 0.2) is 0 Å². The van der Waals surface area contributed by atoms with Gasteiger partial charge in [-0.3, -0.25) is 24.2 Å². The molecule has 3 aromatic rings. The van der Waals surface area contributed by atoms with E-state index >= 15 is 0 Å². The summed E-state index contributed by atoms with van der Waals surface area (Å²) in [4.78, 5) is 45.2. The first kappa shape index (κ1) is 20.6. The minimum Gasteiger partial charge on any atom is -0.336 e. The highest BCUT2D eigenvalue weighted by atomic mass is 32.1. The highest BCUT2D eigenvalue weighted by Crippen LogP contribution is 2.24. The summed E-state index contributed by atoms with van der Waals surface area (Å²) >= 11 is 1.76. The Morgan fingerprint density at radius 1 is 0.812 bits per heavy atom. The molecule has 1 fully saturated rings. The van der Waals surface area contributed by atoms with Crippen molar-refractivity contribution < 1.29 is 14.4 Å². The number of hydrogen-bond acceptors (Lipinski definition) is 5. The van der Waals surface area contributed by atoms with Gasteiger partial charge < -0.3 is 4.90 Å². The maximum atomic E-state index is 13.1. The molecule has 0 unspecified atom stereocenters. The molecule has 1 saturated heterocycles. The topological polar surface area (TPSA) is 60.9 Å². The van der Waals surface area contributed by atoms with Crippen LogP contribution < -0.4 is 0 Å². The summed E-state index contributed by atoms with van der Waals surface area (Å²) in [5.74, 6) is -0.585. The molecule has 7 heteroatoms. The Kier molecular flexibility index (Phi) is 5.59. The van der Waals surface area contributed by atoms with Crippen molar-refractivity contribution >= 4 is 29.1 Å². The second-order valence-corrected chi connectivity index (χ2v) is 9.12. The number of carbonyl (C=O) groups excluding carboxylic acids is 3. The van der Waals surface area contributed by atoms with E-state index in [0.717, 1.165) is 25.2 Å². The van der Waals surface area contributed by atoms with Gasteiger partial charge in [-0.2, -0.15) is 0 Å². The lowest BCUT2D eigenvalue weighted by Gasteiger charge is -2.34. The van der Waals surface area contributed by atoms with Crippen LogP contribution in [0.3, 0.4) is 0 Å². The first-order valence-corrected chi connectivity index (χ1v) is 11.6. The molecule has 2 aliphatic rings. The van der Waals surface area contributed by atoms with Crippen molar-refractivity contribution in [2.75, 3.05) is 26.2 Å². The lowest BCUT2D eigenvalue weighted by molar-refractivity contribution is 0.0628. The molecule has 0 aliphatic carbocycles. The molecule has 0 radical (unpaired) electrons. The summed E-state index contributed by atoms with van der Waals surface area (Å²) in [6.07, 6.45) is 0. The van der Waals surface area contributed by atoms with Gasteiger partial charge in [0, 0.05) is 43.2 Å². The first-order chi connectivity index (χ1) is 15.6. The predicted octanol–water partition coefficient (Wildman–Crippen LogP) is 3.50. The largest absolute Gasteiger partial charge is 0.336 e. The molecular weight excluding hydrogens is 422 g/mol. The van der Waals surface area contributed by atoms with E-state index in [-0.39, 0.29) is 24.3 Å². The fourth-order valence-electron chi connectivity index (χ4n) is 4.28. The molecule has 2 aromatic carbocycles. The first-order valence-electron chi connectivity index (χ1n) is 10.7. The molecule has 6 nitrogen and oxygen atoms in total. The summed E-state index contributed by atoms with van der Waals surface area (Å²) < 4.78 is 0. The van der Waals surface area contributed by atoms with Gasteiger partial charge in [0.1, 0.15) is 0 Å². The number of fused-ring (bicyclic) bond motifs is 1. The standard InChI is InChI=1S/C25H23N3O3S/c29-23(27-12-10-26(11-13-27)17-20-7-4-14-32-20)19-6-3-5-18(15-19)16-28-24(30)21-8-1-2-9-22(21)25(28)31/h1-9,14-15H,10-13,16-17H2. The van der Waals surface area contributed by atoms with Crippen LogP contribution in [-0.4, -0.2) is 58.6 Å². The fourth-order valence-corrected chi connectivity index (χ4v) is 5.03. The predicted molar refractivity (Wildman–Crippen MR) is 123 cm³/mol. The van der Waals surface area contributed by atoms with Crippen molar-refractivity contribution in [3.05, 3.63) is 93.2 Å². The van der Waals surface area contributed by atoms with Crippen LogP contribution in [0.5, 0.6) is 0 Å². The van der Waals surface area contributed by atoms with Gasteiger partial charge in [0.2, 0.25) is 0 Å². The van der Waals surface area contributed by atoms with Gasteiger partial charge in [0.25, 0.3) is 17.7 Å². The molecule has 5 rings (SSSR count). The summed E-state index contributed by atoms with van der Waals surface area (Å²) in [7, 11) is 0. The second kappa shape index (κ2) is 8.68. The molecule has 1 aromatic heterocycles. The Hall–Kier alpha value is -3.29. The highest BCUT2D eigenvalue weighted by molar-refractivity contribution is 7.09. The normalized spacial score (nSPS) is 16.5. The zero-order valence-electron chi connectivity index (χ0n) is 17.6. The van der Waals surface area contributed by atoms with Gasteiger partial charge >= 0.3 is 0 Å². The molecule has 0 bridgehead atoms. The summed E-state index contributed by atoms with van der Waals surface area (Å²) in [6.45, 7) is 4.15. The zero-order chi connectivity index (χ0) is 22.1. The zero-order valence-corrected chi connectivity index (χ0v) is 18.4. The third-order valence-electron chi connectivity index (χ3n) is 6.01. The van der Waals surface area contributed by atoms with E-state index < -0.39 is 0 Å². The Morgan fingerprint density at radius 3 is 2.19 bits per heavy atom. The van der Waals surface area contributed by atoms with Crippen LogP contribution in [0.25, 0.3) is 0 Å². The second-order valence-electron chi connectivity index (χ2n) is 8.09. The number of imide groups is 1. The Balaban J connectivity index is 1.23. The van der Waals surface area contributed by atoms with Crippen molar-refractivity contribution in [1.29, 1.82) is 0 Å². The number of rotatable bonds is 5. The van der Waals surface area contributed by atoms with E-state index in [1.54, 1.807) is 47.7 Å². The molecule has 0 atom stereocenters. The number of piperazine rings is 1. The van der Waals surface area contributed by atoms with E-state index in [1.165, 1.54) is 9.78 Å². The fraction of sp³-hybridized carbons (Fsp3) is 0.240. The smallest absolute Gasteiger partial charge is 0.261 e. The van der Waals surface area contributed by atoms with Gasteiger partial charge in [-0.15, -0.1) is 11.3 Å². The van der Waals surface area contributed by atoms with Crippen molar-refractivity contribution in [2.45, 2.75) is 13.1 Å². The molecule has 32 heavy (non-hydrogen) atoms. The third kappa shape index (κ3) is 3.97. The van der Waals surface area contributed by atoms with Crippen LogP contribution in [0.15, 0.2) is 66.0 Å². The highest BCUT2D eigenvalue weighted by Gasteiger charge is 2.35. The van der Waals surface area contributed by atoms with Crippen LogP contribution >= 0.6 is 11.3 Å². The molecule has 2 aliphatic heterocycles. The number of nitrogens with zero attached hydrogens (tertiary/aromatic N) is 3. The van der Waals surface area contributed by atoms with E-state index in [2.05, 4.69) is 22.4 Å². The minimum absolute atomic E-state index is 0.00927. The molecule has 3 heterocycles. The number of carbonyl (C=O) groups is 3. The third-order valence-corrected chi connectivity index (χ3v) is 6.87. The lowest BCUT2D eigenvalue weighted by Crippen LogP contribution is -2.48. The van der Waals surface area contributed by atoms with Crippen LogP contribution in [0.1, 0.15) is 41.5 Å². The summed E-state index contributed by atoms with van der Waals surface area (Å²) in [6, 6.07) is 18.3. The van der Waals surface area contributed by atoms with Crippen LogP contribution in [-0.2, 0) is 13.1 Å². The molecular formula is C25H23N3O3S. The van der Waals surface area contributed by atoms with E-state index in [4.69, 9.17) is 0 Å². The molecule has 162 valence electrons. The maximum Gasteiger partial charge on any atom is 0.261 e. The number of benzene rings is 2. The Morgan fingerprint density at radius 2 is 1.53 bits per heavy atom. The average Bonchev–Trinajstić information content (AvgIpc) is 3.42. The monoisotopic (exact) mass is 445 g/mol. The van der Waals surface area contributed by atoms with E-state index in [0.29, 0.717) is 29.8 Å². The van der Waals surface area contributed by atoms with Crippen LogP contribution in [0.4, 0.5) is 0 Å². The quantitative estimate of drug-likeness (QED) is 0.564. The molecule has 0 spiro atoms. The van der Waals surface area contributed by atoms with Crippen LogP contribution in [0.2, 0.25) is 0 Å². The SMILES string of the molecule is O=C(c1cccc(CN2C(=O)c3ccccc3C2=O)c1)N1CCN(Cc2cccs2)CC1. The molecule has 3 amide bonds.